The van der Waals surface area contributed by atoms with Crippen molar-refractivity contribution in [3.8, 4) is 0 Å². The van der Waals surface area contributed by atoms with Crippen LogP contribution in [0.2, 0.25) is 0 Å². The van der Waals surface area contributed by atoms with E-state index in [1.54, 1.807) is 27.9 Å². The number of hydrogen-bond acceptors (Lipinski definition) is 40. The van der Waals surface area contributed by atoms with Gasteiger partial charge in [-0.15, -0.1) is 5.10 Å². The molecule has 1 fully saturated rings. The normalized spacial score (nSPS) is 15.1. The fourth-order valence-corrected chi connectivity index (χ4v) is 8.83. The third-order valence-electron chi connectivity index (χ3n) is 15.1. The number of amidine groups is 2. The van der Waals surface area contributed by atoms with Crippen LogP contribution in [0.25, 0.3) is 0 Å². The zero-order chi connectivity index (χ0) is 101. The molecule has 2 amide bonds. The third-order valence-corrected chi connectivity index (χ3v) is 15.7. The molecule has 1 aliphatic rings. The number of aliphatic hydroxyl groups is 7. The van der Waals surface area contributed by atoms with E-state index in [-0.39, 0.29) is 55.3 Å². The number of ether oxygens (including phenoxy) is 2. The van der Waals surface area contributed by atoms with Gasteiger partial charge in [0.05, 0.1) is 43.8 Å². The Morgan fingerprint density at radius 2 is 0.940 bits per heavy atom. The number of carbonyl (C=O) groups is 2. The molecule has 0 aromatic carbocycles. The summed E-state index contributed by atoms with van der Waals surface area (Å²) in [4.78, 5) is 115. The molecule has 57 nitrogen and oxygen atoms in total. The summed E-state index contributed by atoms with van der Waals surface area (Å²) in [5.74, 6) is -4.62. The molecule has 749 valence electrons. The molecule has 73 heteroatoms. The standard InChI is InChI=1S/C9H11FN6O3.C8H9F3N4O3.C8H10FN3O5.C8H16N6S2.C7H8F2N4O3.2C7H10FN3O4.C6H8FN3O3.CHF3.Cu/c10-3-8(6-17)15-5-7(12-13-15)4-14-2-1-11-9(14)16(18)19;9-8(10,11)1-2-12-6(16)5-14-4-3-13-7(14)15(17)18;9-3-4-5(13)6(14)7(17-4)11-2-1-10-8(11)12(15)16;1-5(11-13-7(15)9-3)6(2)12-14-8(16)10-4;8-5(9)3-11-6(14)4-12-2-1-10-7(12)13(15)16;8-3-6(4-12)15-5-10-2-1-9-7(10)11(13)14;8-3-5(12)6(13)4-10-2-1-9-7(10)11(14)15;7-3-5(11)4-9-2-1-8-6(9)10(12)13;2-1(3)4;/h1-2,5,8,17H,3-4,6H2;3-4H,1-2,5H2,(H,12,16);1-2,4-7,13-14H,3H2;1-4H3,(H2,9,13,15)(H2,10,14,16);1-2,5H,3-4H2,(H,11,14);1-2,6,12H,3-5H2;1-2,5-6,12-13H,3-4H2;1-2,5,11H,3-4H2;1H;/q;;;;;;;;;+2/p-2/t;;4-,5-,6+,7?;;;;;;;/m..1......./s1. The summed E-state index contributed by atoms with van der Waals surface area (Å²) >= 11 is 9.61. The zero-order valence-corrected chi connectivity index (χ0v) is 71.4. The van der Waals surface area contributed by atoms with Crippen molar-refractivity contribution in [1.82, 2.24) is 103 Å². The van der Waals surface area contributed by atoms with Gasteiger partial charge in [-0.3, -0.25) is 9.59 Å². The van der Waals surface area contributed by atoms with Crippen LogP contribution in [-0.4, -0.2) is 321 Å². The Hall–Kier alpha value is -13.7. The Morgan fingerprint density at radius 3 is 1.32 bits per heavy atom. The van der Waals surface area contributed by atoms with Crippen LogP contribution < -0.4 is 21.3 Å². The molecular formula is C61H81CuF13N32O25S2. The van der Waals surface area contributed by atoms with Gasteiger partial charge < -0.3 is 163 Å². The van der Waals surface area contributed by atoms with E-state index in [0.717, 1.165) is 46.0 Å². The molecule has 6 unspecified atom stereocenters. The van der Waals surface area contributed by atoms with Crippen LogP contribution in [0.4, 0.5) is 98.7 Å². The monoisotopic (exact) mass is 2040 g/mol. The van der Waals surface area contributed by atoms with Gasteiger partial charge in [0.1, 0.15) is 194 Å². The Kier molecular flexibility index (Phi) is 56.9. The van der Waals surface area contributed by atoms with E-state index in [4.69, 9.17) is 55.2 Å². The molecule has 9 heterocycles. The van der Waals surface area contributed by atoms with Gasteiger partial charge in [-0.1, -0.05) is 40.1 Å². The minimum absolute atomic E-state index is 0. The summed E-state index contributed by atoms with van der Waals surface area (Å²) in [6.07, 6.45) is 0.260. The molecule has 1 saturated heterocycles. The Labute approximate surface area is 761 Å². The van der Waals surface area contributed by atoms with Crippen molar-refractivity contribution in [1.29, 1.82) is 0 Å². The maximum Gasteiger partial charge on any atom is 2.00 e. The molecule has 134 heavy (non-hydrogen) atoms. The molecule has 0 bridgehead atoms. The van der Waals surface area contributed by atoms with Crippen LogP contribution in [0, 0.1) is 70.8 Å². The van der Waals surface area contributed by atoms with Crippen LogP contribution in [0.1, 0.15) is 38.2 Å². The van der Waals surface area contributed by atoms with E-state index in [1.165, 1.54) is 83.6 Å². The van der Waals surface area contributed by atoms with Crippen LogP contribution in [-0.2, 0) is 101 Å². The fraction of sp³-hybridized carbons (Fsp3) is 0.525. The number of hydrogen-bond donors (Lipinski definition) is 11. The summed E-state index contributed by atoms with van der Waals surface area (Å²) in [6.45, 7) is -8.43. The van der Waals surface area contributed by atoms with Crippen molar-refractivity contribution in [3.63, 3.8) is 0 Å². The second-order valence-corrected chi connectivity index (χ2v) is 25.3. The topological polar surface area (TPSA) is 749 Å². The number of alkyl halides is 13. The number of rotatable bonds is 37. The summed E-state index contributed by atoms with van der Waals surface area (Å²) in [5.41, 5.74) is 1.66. The average molecular weight is 2040 g/mol. The average Bonchev–Trinajstić information content (AvgIpc) is 1.64. The molecule has 11 N–H and O–H groups in total. The first-order valence-electron chi connectivity index (χ1n) is 36.1. The first-order chi connectivity index (χ1) is 62.6. The summed E-state index contributed by atoms with van der Waals surface area (Å²) in [5, 5.41) is 170. The van der Waals surface area contributed by atoms with Gasteiger partial charge in [-0.2, -0.15) is 51.3 Å². The van der Waals surface area contributed by atoms with Crippen LogP contribution >= 0.6 is 0 Å². The number of amides is 2. The summed E-state index contributed by atoms with van der Waals surface area (Å²) < 4.78 is 167. The van der Waals surface area contributed by atoms with Gasteiger partial charge in [-0.05, 0) is 58.6 Å². The third kappa shape index (κ3) is 45.0. The number of aromatic nitrogens is 17. The number of imidazole rings is 7. The smallest absolute Gasteiger partial charge is 0.741 e. The molecule has 8 aromatic rings. The maximum absolute atomic E-state index is 12.5. The second kappa shape index (κ2) is 63.4. The van der Waals surface area contributed by atoms with Gasteiger partial charge in [-0.25, -0.2) is 62.8 Å². The number of aliphatic hydroxyl groups excluding tert-OH is 7. The Balaban J connectivity index is 0.00000150. The number of halogens is 13. The van der Waals surface area contributed by atoms with E-state index < -0.39 is 229 Å². The Morgan fingerprint density at radius 1 is 0.545 bits per heavy atom. The van der Waals surface area contributed by atoms with E-state index >= 15 is 0 Å². The van der Waals surface area contributed by atoms with Crippen molar-refractivity contribution >= 4 is 100 Å². The minimum atomic E-state index is -4.35. The number of nitrogens with one attached hydrogen (secondary N) is 4. The maximum atomic E-state index is 12.5. The molecule has 1 aliphatic heterocycles. The molecule has 0 saturated carbocycles. The quantitative estimate of drug-likeness (QED) is 0.00496. The molecule has 0 spiro atoms. The number of carbonyl (C=O) groups excluding carboxylic acids is 2. The van der Waals surface area contributed by atoms with Gasteiger partial charge in [0.25, 0.3) is 18.2 Å². The second-order valence-electron chi connectivity index (χ2n) is 24.5. The van der Waals surface area contributed by atoms with Crippen LogP contribution in [0.15, 0.2) is 113 Å². The van der Waals surface area contributed by atoms with Crippen molar-refractivity contribution in [2.75, 3.05) is 73.8 Å². The van der Waals surface area contributed by atoms with Crippen LogP contribution in [0.3, 0.4) is 0 Å². The molecule has 9 atom stereocenters. The van der Waals surface area contributed by atoms with Crippen molar-refractivity contribution in [3.05, 3.63) is 169 Å². The molecular weight excluding hydrogens is 1960 g/mol. The molecule has 0 aliphatic carbocycles. The van der Waals surface area contributed by atoms with Gasteiger partial charge >= 0.3 is 71.6 Å². The minimum Gasteiger partial charge on any atom is -0.741 e. The van der Waals surface area contributed by atoms with Crippen molar-refractivity contribution < 1.29 is 163 Å². The number of nitro groups is 7. The zero-order valence-electron chi connectivity index (χ0n) is 68.9. The van der Waals surface area contributed by atoms with Gasteiger partial charge in [0.2, 0.25) is 6.23 Å². The summed E-state index contributed by atoms with van der Waals surface area (Å²) in [6, 6.07) is -0.793. The van der Waals surface area contributed by atoms with Gasteiger partial charge in [0.15, 0.2) is 19.8 Å². The molecule has 8 aromatic heterocycles. The first kappa shape index (κ1) is 120. The summed E-state index contributed by atoms with van der Waals surface area (Å²) in [7, 11) is 3.36. The van der Waals surface area contributed by atoms with Crippen molar-refractivity contribution in [2.45, 2.75) is 134 Å². The van der Waals surface area contributed by atoms with Crippen LogP contribution in [0.5, 0.6) is 0 Å². The molecule has 1 radical (unpaired) electrons. The fourth-order valence-electron chi connectivity index (χ4n) is 8.74. The van der Waals surface area contributed by atoms with E-state index in [1.807, 2.05) is 10.6 Å². The van der Waals surface area contributed by atoms with E-state index in [9.17, 15) is 153 Å². The predicted molar refractivity (Wildman–Crippen MR) is 427 cm³/mol. The van der Waals surface area contributed by atoms with E-state index in [0.29, 0.717) is 27.5 Å². The predicted octanol–water partition coefficient (Wildman–Crippen LogP) is 1.21. The molecule has 9 rings (SSSR count). The van der Waals surface area contributed by atoms with E-state index in [2.05, 4.69) is 76.2 Å². The van der Waals surface area contributed by atoms with Gasteiger partial charge in [0, 0.05) is 20.6 Å². The Bertz CT molecular complexity index is 4960. The first-order valence-corrected chi connectivity index (χ1v) is 36.9. The number of nitrogens with zero attached hydrogens (tertiary/aromatic N) is 28. The SMILES string of the molecule is CNC([S-])=NN=C(C)C(C)=NN=C([S-])NC.FC(F)F.O=C(Cn1ccnc1[N+](=O)[O-])NCC(F)F.O=C(Cn1ccnc1[N+](=O)[O-])NCCC(F)(F)F.O=[N+]([O-])c1nccn1C1O[C@H](CF)[C@@H](O)[C@@H]1O.O=[N+]([O-])c1nccn1CC(O)C(O)CF.O=[N+]([O-])c1nccn1CC(O)CF.O=[N+]([O-])c1nccn1COC(CO)CF.O=[N+]([O-])c1nccn1Cc1cn(C(CO)CF)nn1.[Cu+2]. The largest absolute Gasteiger partial charge is 2.00 e. The van der Waals surface area contributed by atoms with Crippen molar-refractivity contribution in [2.24, 2.45) is 20.4 Å².